The van der Waals surface area contributed by atoms with Crippen molar-refractivity contribution >= 4 is 34.2 Å². The molecule has 1 aromatic heterocycles. The third kappa shape index (κ3) is 2.78. The SMILES string of the molecule is O=c1[nH]c(=O)n(Cc2ccccc2Cl)cc1I. The maximum atomic E-state index is 11.6. The van der Waals surface area contributed by atoms with Gasteiger partial charge in [-0.1, -0.05) is 29.8 Å². The second kappa shape index (κ2) is 5.05. The van der Waals surface area contributed by atoms with Crippen molar-refractivity contribution in [1.82, 2.24) is 9.55 Å². The number of hydrogen-bond donors (Lipinski definition) is 1. The molecule has 0 atom stereocenters. The molecule has 0 aliphatic carbocycles. The molecule has 0 spiro atoms. The molecule has 1 aromatic carbocycles. The number of H-pyrrole nitrogens is 1. The fraction of sp³-hybridized carbons (Fsp3) is 0.0909. The summed E-state index contributed by atoms with van der Waals surface area (Å²) in [5.74, 6) is 0. The summed E-state index contributed by atoms with van der Waals surface area (Å²) in [6.45, 7) is 0.339. The van der Waals surface area contributed by atoms with Crippen molar-refractivity contribution in [3.8, 4) is 0 Å². The number of nitrogens with zero attached hydrogens (tertiary/aromatic N) is 1. The average molecular weight is 363 g/mol. The molecule has 0 aliphatic heterocycles. The van der Waals surface area contributed by atoms with E-state index in [1.807, 2.05) is 40.8 Å². The van der Waals surface area contributed by atoms with Crippen molar-refractivity contribution in [2.75, 3.05) is 0 Å². The van der Waals surface area contributed by atoms with E-state index in [0.29, 0.717) is 15.1 Å². The Bertz CT molecular complexity index is 663. The van der Waals surface area contributed by atoms with E-state index in [1.165, 1.54) is 10.8 Å². The van der Waals surface area contributed by atoms with Crippen molar-refractivity contribution in [2.45, 2.75) is 6.54 Å². The molecule has 2 rings (SSSR count). The smallest absolute Gasteiger partial charge is 0.295 e. The fourth-order valence-corrected chi connectivity index (χ4v) is 2.08. The zero-order valence-corrected chi connectivity index (χ0v) is 11.5. The van der Waals surface area contributed by atoms with Crippen molar-refractivity contribution in [1.29, 1.82) is 0 Å². The highest BCUT2D eigenvalue weighted by Crippen LogP contribution is 2.15. The molecule has 0 fully saturated rings. The third-order valence-corrected chi connectivity index (χ3v) is 3.40. The van der Waals surface area contributed by atoms with Crippen molar-refractivity contribution < 1.29 is 0 Å². The number of aromatic amines is 1. The van der Waals surface area contributed by atoms with E-state index in [1.54, 1.807) is 6.07 Å². The standard InChI is InChI=1S/C11H8ClIN2O2/c12-8-4-2-1-3-7(8)5-15-6-9(13)10(16)14-11(15)17/h1-4,6H,5H2,(H,14,16,17). The molecule has 0 bridgehead atoms. The molecule has 0 saturated heterocycles. The molecule has 0 aliphatic rings. The molecule has 2 aromatic rings. The van der Waals surface area contributed by atoms with E-state index >= 15 is 0 Å². The van der Waals surface area contributed by atoms with Gasteiger partial charge in [0.1, 0.15) is 0 Å². The highest BCUT2D eigenvalue weighted by Gasteiger charge is 2.04. The minimum Gasteiger partial charge on any atom is -0.295 e. The molecule has 17 heavy (non-hydrogen) atoms. The summed E-state index contributed by atoms with van der Waals surface area (Å²) in [4.78, 5) is 25.0. The number of rotatable bonds is 2. The fourth-order valence-electron chi connectivity index (χ4n) is 1.41. The first-order valence-electron chi connectivity index (χ1n) is 4.80. The predicted molar refractivity (Wildman–Crippen MR) is 74.6 cm³/mol. The van der Waals surface area contributed by atoms with Crippen LogP contribution in [0.3, 0.4) is 0 Å². The van der Waals surface area contributed by atoms with Gasteiger partial charge in [-0.3, -0.25) is 14.3 Å². The second-order valence-electron chi connectivity index (χ2n) is 3.46. The van der Waals surface area contributed by atoms with Crippen LogP contribution in [0.1, 0.15) is 5.56 Å². The van der Waals surface area contributed by atoms with Crippen LogP contribution in [0.5, 0.6) is 0 Å². The van der Waals surface area contributed by atoms with Crippen molar-refractivity contribution in [3.05, 3.63) is 65.5 Å². The van der Waals surface area contributed by atoms with Gasteiger partial charge in [0, 0.05) is 11.2 Å². The van der Waals surface area contributed by atoms with Crippen LogP contribution in [0.2, 0.25) is 5.02 Å². The van der Waals surface area contributed by atoms with Gasteiger partial charge in [-0.25, -0.2) is 4.79 Å². The summed E-state index contributed by atoms with van der Waals surface area (Å²) in [5, 5.41) is 0.598. The summed E-state index contributed by atoms with van der Waals surface area (Å²) in [5.41, 5.74) is 0.0282. The summed E-state index contributed by atoms with van der Waals surface area (Å²) in [6, 6.07) is 7.28. The van der Waals surface area contributed by atoms with Gasteiger partial charge < -0.3 is 0 Å². The van der Waals surface area contributed by atoms with E-state index in [4.69, 9.17) is 11.6 Å². The number of nitrogens with one attached hydrogen (secondary N) is 1. The molecule has 1 N–H and O–H groups in total. The van der Waals surface area contributed by atoms with Gasteiger partial charge in [-0.15, -0.1) is 0 Å². The third-order valence-electron chi connectivity index (χ3n) is 2.27. The average Bonchev–Trinajstić information content (AvgIpc) is 2.29. The first kappa shape index (κ1) is 12.4. The number of halogens is 2. The van der Waals surface area contributed by atoms with Gasteiger partial charge in [0.15, 0.2) is 0 Å². The van der Waals surface area contributed by atoms with Crippen LogP contribution < -0.4 is 11.2 Å². The molecule has 0 saturated carbocycles. The van der Waals surface area contributed by atoms with Crippen LogP contribution in [0.25, 0.3) is 0 Å². The van der Waals surface area contributed by atoms with Crippen LogP contribution >= 0.6 is 34.2 Å². The van der Waals surface area contributed by atoms with Crippen LogP contribution in [0, 0.1) is 3.57 Å². The Morgan fingerprint density at radius 1 is 1.29 bits per heavy atom. The van der Waals surface area contributed by atoms with Gasteiger partial charge in [0.25, 0.3) is 5.56 Å². The van der Waals surface area contributed by atoms with Gasteiger partial charge >= 0.3 is 5.69 Å². The zero-order valence-electron chi connectivity index (χ0n) is 8.61. The maximum absolute atomic E-state index is 11.6. The van der Waals surface area contributed by atoms with E-state index in [-0.39, 0.29) is 5.56 Å². The summed E-state index contributed by atoms with van der Waals surface area (Å²) < 4.78 is 1.89. The molecule has 0 amide bonds. The van der Waals surface area contributed by atoms with Crippen LogP contribution in [0.15, 0.2) is 40.1 Å². The second-order valence-corrected chi connectivity index (χ2v) is 5.03. The lowest BCUT2D eigenvalue weighted by Gasteiger charge is -2.07. The van der Waals surface area contributed by atoms with Gasteiger partial charge in [-0.2, -0.15) is 0 Å². The first-order valence-corrected chi connectivity index (χ1v) is 6.26. The molecule has 4 nitrogen and oxygen atoms in total. The molecule has 1 heterocycles. The lowest BCUT2D eigenvalue weighted by Crippen LogP contribution is -2.31. The topological polar surface area (TPSA) is 54.9 Å². The molecular weight excluding hydrogens is 354 g/mol. The molecule has 88 valence electrons. The van der Waals surface area contributed by atoms with Crippen molar-refractivity contribution in [2.24, 2.45) is 0 Å². The summed E-state index contributed by atoms with van der Waals surface area (Å²) >= 11 is 7.89. The van der Waals surface area contributed by atoms with E-state index in [0.717, 1.165) is 5.56 Å². The van der Waals surface area contributed by atoms with Crippen molar-refractivity contribution in [3.63, 3.8) is 0 Å². The monoisotopic (exact) mass is 362 g/mol. The Morgan fingerprint density at radius 3 is 2.71 bits per heavy atom. The molecule has 0 radical (unpaired) electrons. The predicted octanol–water partition coefficient (Wildman–Crippen LogP) is 1.84. The normalized spacial score (nSPS) is 10.5. The van der Waals surface area contributed by atoms with Gasteiger partial charge in [0.05, 0.1) is 10.1 Å². The lowest BCUT2D eigenvalue weighted by molar-refractivity contribution is 0.715. The first-order chi connectivity index (χ1) is 8.08. The van der Waals surface area contributed by atoms with Gasteiger partial charge in [-0.05, 0) is 34.2 Å². The molecular formula is C11H8ClIN2O2. The van der Waals surface area contributed by atoms with E-state index < -0.39 is 5.69 Å². The minimum absolute atomic E-state index is 0.339. The lowest BCUT2D eigenvalue weighted by atomic mass is 10.2. The number of hydrogen-bond acceptors (Lipinski definition) is 2. The highest BCUT2D eigenvalue weighted by molar-refractivity contribution is 14.1. The molecule has 6 heteroatoms. The molecule has 0 unspecified atom stereocenters. The Morgan fingerprint density at radius 2 is 2.00 bits per heavy atom. The highest BCUT2D eigenvalue weighted by atomic mass is 127. The zero-order chi connectivity index (χ0) is 12.4. The minimum atomic E-state index is -0.435. The number of aromatic nitrogens is 2. The Kier molecular flexibility index (Phi) is 3.68. The van der Waals surface area contributed by atoms with E-state index in [9.17, 15) is 9.59 Å². The van der Waals surface area contributed by atoms with Crippen LogP contribution in [-0.4, -0.2) is 9.55 Å². The van der Waals surface area contributed by atoms with E-state index in [2.05, 4.69) is 4.98 Å². The van der Waals surface area contributed by atoms with Crippen LogP contribution in [0.4, 0.5) is 0 Å². The summed E-state index contributed by atoms with van der Waals surface area (Å²) in [7, 11) is 0. The maximum Gasteiger partial charge on any atom is 0.328 e. The summed E-state index contributed by atoms with van der Waals surface area (Å²) in [6.07, 6.45) is 1.52. The van der Waals surface area contributed by atoms with Crippen LogP contribution in [-0.2, 0) is 6.54 Å². The Hall–Kier alpha value is -1.08. The number of benzene rings is 1. The Balaban J connectivity index is 2.44. The quantitative estimate of drug-likeness (QED) is 0.829. The largest absolute Gasteiger partial charge is 0.328 e. The van der Waals surface area contributed by atoms with Gasteiger partial charge in [0.2, 0.25) is 0 Å². The Labute approximate surface area is 115 Å².